The summed E-state index contributed by atoms with van der Waals surface area (Å²) in [7, 11) is 0. The van der Waals surface area contributed by atoms with E-state index in [2.05, 4.69) is 30.7 Å². The third-order valence-corrected chi connectivity index (χ3v) is 0.951. The van der Waals surface area contributed by atoms with Gasteiger partial charge in [0.25, 0.3) is 0 Å². The third kappa shape index (κ3) is 4.56. The van der Waals surface area contributed by atoms with E-state index in [9.17, 15) is 0 Å². The van der Waals surface area contributed by atoms with Gasteiger partial charge in [-0.15, -0.1) is 0 Å². The van der Waals surface area contributed by atoms with Crippen molar-refractivity contribution in [3.05, 3.63) is 6.92 Å². The maximum absolute atomic E-state index is 3.64. The summed E-state index contributed by atoms with van der Waals surface area (Å²) in [6, 6.07) is 0. The van der Waals surface area contributed by atoms with Gasteiger partial charge in [-0.3, -0.25) is 0 Å². The predicted octanol–water partition coefficient (Wildman–Crippen LogP) is 0.950. The van der Waals surface area contributed by atoms with E-state index < -0.39 is 0 Å². The molecule has 0 rings (SSSR count). The van der Waals surface area contributed by atoms with Crippen molar-refractivity contribution in [3.63, 3.8) is 0 Å². The Labute approximate surface area is 44.0 Å². The Balaban J connectivity index is 2.40. The molecule has 0 aromatic heterocycles. The molecule has 0 saturated heterocycles. The summed E-state index contributed by atoms with van der Waals surface area (Å²) >= 11 is 2.21. The number of unbranched alkanes of at least 4 members (excludes halogenated alkanes) is 1. The van der Waals surface area contributed by atoms with Crippen LogP contribution in [0.2, 0.25) is 0 Å². The molecule has 5 heavy (non-hydrogen) atoms. The van der Waals surface area contributed by atoms with Gasteiger partial charge in [0, 0.05) is 0 Å². The first-order valence-corrected chi connectivity index (χ1v) is 2.90. The standard InChI is InChI=1S/C4H7.Pt/c1-3-4-2;/h1H,2-4H2;/q-1;. The minimum atomic E-state index is 1.03. The van der Waals surface area contributed by atoms with Crippen LogP contribution in [0.1, 0.15) is 12.8 Å². The van der Waals surface area contributed by atoms with Crippen LogP contribution in [-0.4, -0.2) is 4.40 Å². The molecule has 0 saturated carbocycles. The van der Waals surface area contributed by atoms with Crippen LogP contribution in [0.4, 0.5) is 0 Å². The van der Waals surface area contributed by atoms with Gasteiger partial charge in [-0.05, 0) is 0 Å². The van der Waals surface area contributed by atoms with Crippen molar-refractivity contribution in [2.45, 2.75) is 12.8 Å². The summed E-state index contributed by atoms with van der Waals surface area (Å²) < 4.78 is 2.09. The fraction of sp³-hybridized carbons (Fsp3) is 0.500. The molecule has 0 radical (unpaired) electrons. The number of hydrogen-bond donors (Lipinski definition) is 0. The molecule has 0 aliphatic carbocycles. The summed E-state index contributed by atoms with van der Waals surface area (Å²) in [6.07, 6.45) is 2.17. The van der Waals surface area contributed by atoms with Crippen molar-refractivity contribution >= 4 is 4.40 Å². The summed E-state index contributed by atoms with van der Waals surface area (Å²) in [5, 5.41) is 0. The van der Waals surface area contributed by atoms with Crippen LogP contribution < -0.4 is 0 Å². The summed E-state index contributed by atoms with van der Waals surface area (Å²) in [5.41, 5.74) is 0. The fourth-order valence-corrected chi connectivity index (χ4v) is 0.528. The predicted molar refractivity (Wildman–Crippen MR) is 20.7 cm³/mol. The van der Waals surface area contributed by atoms with Gasteiger partial charge in [-0.2, -0.15) is 0 Å². The molecule has 0 aromatic rings. The molecule has 34 valence electrons. The molecule has 0 unspecified atom stereocenters. The molecule has 0 aliphatic rings. The summed E-state index contributed by atoms with van der Waals surface area (Å²) in [4.78, 5) is 0. The Morgan fingerprint density at radius 2 is 2.40 bits per heavy atom. The molecule has 0 fully saturated rings. The first kappa shape index (κ1) is 5.56. The molecular formula is C4H7Pt-. The van der Waals surface area contributed by atoms with E-state index in [1.807, 2.05) is 0 Å². The van der Waals surface area contributed by atoms with E-state index >= 15 is 0 Å². The van der Waals surface area contributed by atoms with Gasteiger partial charge in [0.2, 0.25) is 0 Å². The second-order valence-corrected chi connectivity index (χ2v) is 1.70. The normalized spacial score (nSPS) is 7.80. The fourth-order valence-electron chi connectivity index (χ4n) is 0.0645. The van der Waals surface area contributed by atoms with E-state index in [-0.39, 0.29) is 0 Å². The number of rotatable bonds is 2. The Bertz CT molecular complexity index is 24.8. The zero-order valence-corrected chi connectivity index (χ0v) is 5.29. The van der Waals surface area contributed by atoms with Crippen molar-refractivity contribution < 1.29 is 19.4 Å². The second kappa shape index (κ2) is 4.56. The Morgan fingerprint density at radius 1 is 1.80 bits per heavy atom. The van der Waals surface area contributed by atoms with Gasteiger partial charge in [0.15, 0.2) is 0 Å². The van der Waals surface area contributed by atoms with Crippen molar-refractivity contribution in [1.82, 2.24) is 0 Å². The van der Waals surface area contributed by atoms with Gasteiger partial charge in [0.1, 0.15) is 0 Å². The van der Waals surface area contributed by atoms with E-state index in [0.29, 0.717) is 0 Å². The van der Waals surface area contributed by atoms with Crippen LogP contribution in [0.3, 0.4) is 0 Å². The van der Waals surface area contributed by atoms with Crippen molar-refractivity contribution in [2.75, 3.05) is 0 Å². The minimum absolute atomic E-state index is 1.03. The van der Waals surface area contributed by atoms with Crippen LogP contribution in [0.25, 0.3) is 0 Å². The Hall–Kier alpha value is 0.558. The average molecular weight is 250 g/mol. The van der Waals surface area contributed by atoms with Gasteiger partial charge in [0.05, 0.1) is 0 Å². The topological polar surface area (TPSA) is 0 Å². The molecule has 0 aliphatic heterocycles. The van der Waals surface area contributed by atoms with E-state index in [4.69, 9.17) is 0 Å². The maximum atomic E-state index is 3.64. The molecule has 0 aromatic carbocycles. The van der Waals surface area contributed by atoms with Crippen LogP contribution in [-0.2, 0) is 19.4 Å². The van der Waals surface area contributed by atoms with Gasteiger partial charge < -0.3 is 0 Å². The van der Waals surface area contributed by atoms with Crippen molar-refractivity contribution in [1.29, 1.82) is 0 Å². The van der Waals surface area contributed by atoms with Crippen molar-refractivity contribution in [3.8, 4) is 0 Å². The first-order valence-electron chi connectivity index (χ1n) is 1.59. The molecule has 0 spiro atoms. The molecule has 0 atom stereocenters. The van der Waals surface area contributed by atoms with Crippen LogP contribution in [0.5, 0.6) is 0 Å². The average Bonchev–Trinajstić information content (AvgIpc) is 1.41. The van der Waals surface area contributed by atoms with Crippen molar-refractivity contribution in [2.24, 2.45) is 0 Å². The third-order valence-electron chi connectivity index (χ3n) is 0.295. The summed E-state index contributed by atoms with van der Waals surface area (Å²) in [5.74, 6) is 0. The second-order valence-electron chi connectivity index (χ2n) is 0.771. The molecule has 0 amide bonds. The number of hydrogen-bond acceptors (Lipinski definition) is 0. The molecule has 0 nitrogen and oxygen atoms in total. The SMILES string of the molecule is [CH2-]CC[CH]=[Pt]. The van der Waals surface area contributed by atoms with E-state index in [0.717, 1.165) is 12.8 Å². The quantitative estimate of drug-likeness (QED) is 0.640. The van der Waals surface area contributed by atoms with Crippen LogP contribution >= 0.6 is 0 Å². The zero-order valence-electron chi connectivity index (χ0n) is 3.01. The van der Waals surface area contributed by atoms with Gasteiger partial charge in [-0.1, -0.05) is 0 Å². The van der Waals surface area contributed by atoms with Gasteiger partial charge >= 0.3 is 43.5 Å². The molecule has 0 N–H and O–H groups in total. The Morgan fingerprint density at radius 3 is 2.40 bits per heavy atom. The monoisotopic (exact) mass is 250 g/mol. The van der Waals surface area contributed by atoms with E-state index in [1.54, 1.807) is 0 Å². The van der Waals surface area contributed by atoms with E-state index in [1.165, 1.54) is 0 Å². The molecule has 1 heteroatoms. The molecule has 0 heterocycles. The molecular weight excluding hydrogens is 243 g/mol. The van der Waals surface area contributed by atoms with Gasteiger partial charge in [-0.25, -0.2) is 0 Å². The first-order chi connectivity index (χ1) is 2.41. The van der Waals surface area contributed by atoms with Crippen LogP contribution in [0, 0.1) is 6.92 Å². The van der Waals surface area contributed by atoms with Crippen LogP contribution in [0.15, 0.2) is 0 Å². The molecule has 0 bridgehead atoms. The Kier molecular flexibility index (Phi) is 5.07. The summed E-state index contributed by atoms with van der Waals surface area (Å²) in [6.45, 7) is 3.64. The zero-order chi connectivity index (χ0) is 4.12.